The lowest BCUT2D eigenvalue weighted by Crippen LogP contribution is -2.57. The molecule has 0 unspecified atom stereocenters. The third-order valence-corrected chi connectivity index (χ3v) is 5.54. The molecule has 0 aliphatic carbocycles. The van der Waals surface area contributed by atoms with Gasteiger partial charge < -0.3 is 31.9 Å². The molecule has 34 heavy (non-hydrogen) atoms. The molecule has 0 radical (unpaired) electrons. The number of carboxylic acid groups (broad SMARTS) is 2. The van der Waals surface area contributed by atoms with Crippen LogP contribution in [-0.2, 0) is 30.4 Å². The first-order valence-corrected chi connectivity index (χ1v) is 12.1. The van der Waals surface area contributed by atoms with Gasteiger partial charge in [-0.2, -0.15) is 11.8 Å². The Morgan fingerprint density at radius 2 is 1.53 bits per heavy atom. The number of nitrogens with one attached hydrogen (secondary N) is 3. The van der Waals surface area contributed by atoms with E-state index in [9.17, 15) is 29.1 Å². The van der Waals surface area contributed by atoms with E-state index in [4.69, 9.17) is 10.8 Å². The SMILES string of the molecule is CSCC[C@H](N)C(=O)N[C@@H](Cc1ccccc1)C(=O)N[C@@H](C)C(=O)N[C@@H](CCC(=O)O)C(=O)O. The minimum Gasteiger partial charge on any atom is -0.481 e. The van der Waals surface area contributed by atoms with Crippen molar-refractivity contribution in [2.75, 3.05) is 12.0 Å². The summed E-state index contributed by atoms with van der Waals surface area (Å²) in [6.45, 7) is 1.36. The van der Waals surface area contributed by atoms with E-state index in [0.29, 0.717) is 12.2 Å². The molecule has 0 heterocycles. The number of carboxylic acids is 2. The summed E-state index contributed by atoms with van der Waals surface area (Å²) in [5, 5.41) is 25.3. The highest BCUT2D eigenvalue weighted by Gasteiger charge is 2.28. The fourth-order valence-corrected chi connectivity index (χ4v) is 3.40. The number of thioether (sulfide) groups is 1. The second-order valence-corrected chi connectivity index (χ2v) is 8.69. The Balaban J connectivity index is 2.86. The Morgan fingerprint density at radius 3 is 2.09 bits per heavy atom. The number of benzene rings is 1. The zero-order valence-electron chi connectivity index (χ0n) is 19.2. The second kappa shape index (κ2) is 14.9. The Hall–Kier alpha value is -3.12. The zero-order valence-corrected chi connectivity index (χ0v) is 20.0. The van der Waals surface area contributed by atoms with Gasteiger partial charge in [-0.05, 0) is 37.3 Å². The molecule has 12 heteroatoms. The third-order valence-electron chi connectivity index (χ3n) is 4.90. The molecule has 0 aromatic heterocycles. The lowest BCUT2D eigenvalue weighted by atomic mass is 10.0. The maximum atomic E-state index is 12.9. The Kier molecular flexibility index (Phi) is 12.7. The van der Waals surface area contributed by atoms with Crippen LogP contribution in [0.25, 0.3) is 0 Å². The van der Waals surface area contributed by atoms with Crippen molar-refractivity contribution in [1.29, 1.82) is 0 Å². The van der Waals surface area contributed by atoms with E-state index < -0.39 is 60.2 Å². The number of aliphatic carboxylic acids is 2. The predicted molar refractivity (Wildman–Crippen MR) is 127 cm³/mol. The van der Waals surface area contributed by atoms with E-state index in [1.54, 1.807) is 36.0 Å². The highest BCUT2D eigenvalue weighted by Crippen LogP contribution is 2.06. The zero-order chi connectivity index (χ0) is 25.7. The van der Waals surface area contributed by atoms with Gasteiger partial charge in [0, 0.05) is 12.8 Å². The Morgan fingerprint density at radius 1 is 0.912 bits per heavy atom. The van der Waals surface area contributed by atoms with Gasteiger partial charge in [0.15, 0.2) is 0 Å². The number of rotatable bonds is 15. The lowest BCUT2D eigenvalue weighted by Gasteiger charge is -2.23. The van der Waals surface area contributed by atoms with Crippen molar-refractivity contribution < 1.29 is 34.2 Å². The minimum atomic E-state index is -1.42. The monoisotopic (exact) mass is 496 g/mol. The standard InChI is InChI=1S/C22H32N4O7S/c1-13(19(29)25-16(22(32)33)8-9-18(27)28)24-21(31)17(12-14-6-4-3-5-7-14)26-20(30)15(23)10-11-34-2/h3-7,13,15-17H,8-12,23H2,1-2H3,(H,24,31)(H,25,29)(H,26,30)(H,27,28)(H,32,33)/t13-,15-,16-,17-/m0/s1. The average molecular weight is 497 g/mol. The smallest absolute Gasteiger partial charge is 0.326 e. The summed E-state index contributed by atoms with van der Waals surface area (Å²) in [6.07, 6.45) is 1.72. The summed E-state index contributed by atoms with van der Waals surface area (Å²) >= 11 is 1.54. The third kappa shape index (κ3) is 10.7. The molecular weight excluding hydrogens is 464 g/mol. The number of carbonyl (C=O) groups is 5. The molecule has 11 nitrogen and oxygen atoms in total. The van der Waals surface area contributed by atoms with Crippen LogP contribution in [-0.4, -0.2) is 76.0 Å². The van der Waals surface area contributed by atoms with Crippen molar-refractivity contribution >= 4 is 41.4 Å². The van der Waals surface area contributed by atoms with Gasteiger partial charge in [0.05, 0.1) is 6.04 Å². The highest BCUT2D eigenvalue weighted by atomic mass is 32.2. The van der Waals surface area contributed by atoms with Crippen molar-refractivity contribution in [3.05, 3.63) is 35.9 Å². The van der Waals surface area contributed by atoms with Crippen LogP contribution in [0.5, 0.6) is 0 Å². The molecule has 0 aliphatic rings. The van der Waals surface area contributed by atoms with Gasteiger partial charge in [0.1, 0.15) is 18.1 Å². The number of amides is 3. The van der Waals surface area contributed by atoms with Crippen LogP contribution >= 0.6 is 11.8 Å². The summed E-state index contributed by atoms with van der Waals surface area (Å²) in [4.78, 5) is 59.9. The fraction of sp³-hybridized carbons (Fsp3) is 0.500. The first-order valence-electron chi connectivity index (χ1n) is 10.7. The Labute approximate surface area is 202 Å². The molecule has 7 N–H and O–H groups in total. The molecule has 1 aromatic rings. The molecule has 4 atom stereocenters. The topological polar surface area (TPSA) is 188 Å². The number of carbonyl (C=O) groups excluding carboxylic acids is 3. The van der Waals surface area contributed by atoms with Crippen molar-refractivity contribution in [2.24, 2.45) is 5.73 Å². The molecule has 1 aromatic carbocycles. The normalized spacial score (nSPS) is 14.2. The molecular formula is C22H32N4O7S. The summed E-state index contributed by atoms with van der Waals surface area (Å²) in [6, 6.07) is 4.58. The fourth-order valence-electron chi connectivity index (χ4n) is 2.92. The van der Waals surface area contributed by atoms with Crippen molar-refractivity contribution in [3.63, 3.8) is 0 Å². The van der Waals surface area contributed by atoms with Gasteiger partial charge in [-0.1, -0.05) is 30.3 Å². The first kappa shape index (κ1) is 28.9. The van der Waals surface area contributed by atoms with Gasteiger partial charge in [-0.15, -0.1) is 0 Å². The van der Waals surface area contributed by atoms with Gasteiger partial charge >= 0.3 is 11.9 Å². The summed E-state index contributed by atoms with van der Waals surface area (Å²) in [7, 11) is 0. The van der Waals surface area contributed by atoms with E-state index >= 15 is 0 Å². The van der Waals surface area contributed by atoms with Gasteiger partial charge in [-0.3, -0.25) is 19.2 Å². The van der Waals surface area contributed by atoms with Gasteiger partial charge in [0.25, 0.3) is 0 Å². The molecule has 0 spiro atoms. The maximum Gasteiger partial charge on any atom is 0.326 e. The molecule has 0 fully saturated rings. The summed E-state index contributed by atoms with van der Waals surface area (Å²) in [5.41, 5.74) is 6.68. The largest absolute Gasteiger partial charge is 0.481 e. The molecule has 188 valence electrons. The van der Waals surface area contributed by atoms with Crippen LogP contribution in [0.2, 0.25) is 0 Å². The van der Waals surface area contributed by atoms with Crippen LogP contribution in [0.3, 0.4) is 0 Å². The van der Waals surface area contributed by atoms with Crippen LogP contribution in [0, 0.1) is 0 Å². The average Bonchev–Trinajstić information content (AvgIpc) is 2.79. The predicted octanol–water partition coefficient (Wildman–Crippen LogP) is -0.267. The van der Waals surface area contributed by atoms with E-state index in [-0.39, 0.29) is 12.8 Å². The van der Waals surface area contributed by atoms with Crippen LogP contribution < -0.4 is 21.7 Å². The van der Waals surface area contributed by atoms with E-state index in [1.165, 1.54) is 6.92 Å². The van der Waals surface area contributed by atoms with E-state index in [0.717, 1.165) is 5.56 Å². The summed E-state index contributed by atoms with van der Waals surface area (Å²) in [5.74, 6) is -3.85. The molecule has 0 bridgehead atoms. The van der Waals surface area contributed by atoms with E-state index in [1.807, 2.05) is 12.3 Å². The van der Waals surface area contributed by atoms with E-state index in [2.05, 4.69) is 16.0 Å². The number of nitrogens with two attached hydrogens (primary N) is 1. The summed E-state index contributed by atoms with van der Waals surface area (Å²) < 4.78 is 0. The quantitative estimate of drug-likeness (QED) is 0.190. The molecule has 0 saturated carbocycles. The van der Waals surface area contributed by atoms with Crippen LogP contribution in [0.1, 0.15) is 31.7 Å². The van der Waals surface area contributed by atoms with Crippen LogP contribution in [0.4, 0.5) is 0 Å². The van der Waals surface area contributed by atoms with Crippen molar-refractivity contribution in [3.8, 4) is 0 Å². The number of hydrogen-bond acceptors (Lipinski definition) is 7. The van der Waals surface area contributed by atoms with Crippen molar-refractivity contribution in [1.82, 2.24) is 16.0 Å². The molecule has 1 rings (SSSR count). The second-order valence-electron chi connectivity index (χ2n) is 7.70. The molecule has 0 saturated heterocycles. The van der Waals surface area contributed by atoms with Gasteiger partial charge in [-0.25, -0.2) is 4.79 Å². The first-order chi connectivity index (χ1) is 16.0. The maximum absolute atomic E-state index is 12.9. The lowest BCUT2D eigenvalue weighted by molar-refractivity contribution is -0.143. The highest BCUT2D eigenvalue weighted by molar-refractivity contribution is 7.98. The Bertz CT molecular complexity index is 853. The minimum absolute atomic E-state index is 0.151. The van der Waals surface area contributed by atoms with Crippen molar-refractivity contribution in [2.45, 2.75) is 56.8 Å². The molecule has 3 amide bonds. The molecule has 0 aliphatic heterocycles. The van der Waals surface area contributed by atoms with Crippen LogP contribution in [0.15, 0.2) is 30.3 Å². The van der Waals surface area contributed by atoms with Gasteiger partial charge in [0.2, 0.25) is 17.7 Å². The number of hydrogen-bond donors (Lipinski definition) is 6.